The number of anilines is 1. The summed E-state index contributed by atoms with van der Waals surface area (Å²) in [6.07, 6.45) is 3.20. The zero-order valence-electron chi connectivity index (χ0n) is 20.5. The number of ether oxygens (including phenoxy) is 1. The van der Waals surface area contributed by atoms with Gasteiger partial charge in [-0.3, -0.25) is 4.79 Å². The maximum atomic E-state index is 12.9. The van der Waals surface area contributed by atoms with Crippen molar-refractivity contribution in [3.05, 3.63) is 60.9 Å². The molecular weight excluding hydrogens is 454 g/mol. The van der Waals surface area contributed by atoms with Crippen molar-refractivity contribution in [2.75, 3.05) is 18.8 Å². The molecule has 5 rings (SSSR count). The van der Waals surface area contributed by atoms with Gasteiger partial charge in [0, 0.05) is 18.7 Å². The lowest BCUT2D eigenvalue weighted by Gasteiger charge is -2.35. The molecule has 1 saturated heterocycles. The molecule has 2 atom stereocenters. The first-order chi connectivity index (χ1) is 17.4. The van der Waals surface area contributed by atoms with Crippen molar-refractivity contribution in [2.45, 2.75) is 38.8 Å². The van der Waals surface area contributed by atoms with Gasteiger partial charge in [-0.05, 0) is 55.2 Å². The van der Waals surface area contributed by atoms with Gasteiger partial charge in [-0.15, -0.1) is 0 Å². The summed E-state index contributed by atoms with van der Waals surface area (Å²) in [6, 6.07) is 16.8. The quantitative estimate of drug-likeness (QED) is 0.423. The van der Waals surface area contributed by atoms with E-state index in [2.05, 4.69) is 9.97 Å². The maximum Gasteiger partial charge on any atom is 0.239 e. The molecule has 0 unspecified atom stereocenters. The Morgan fingerprint density at radius 3 is 2.50 bits per heavy atom. The fraction of sp³-hybridized carbons (Fsp3) is 0.333. The van der Waals surface area contributed by atoms with Gasteiger partial charge in [0.2, 0.25) is 5.91 Å². The number of nitrogens with zero attached hydrogens (tertiary/aromatic N) is 5. The summed E-state index contributed by atoms with van der Waals surface area (Å²) in [4.78, 5) is 23.5. The number of para-hydroxylation sites is 1. The van der Waals surface area contributed by atoms with Crippen LogP contribution < -0.4 is 16.2 Å². The lowest BCUT2D eigenvalue weighted by Crippen LogP contribution is -2.50. The van der Waals surface area contributed by atoms with E-state index >= 15 is 0 Å². The minimum atomic E-state index is -0.511. The van der Waals surface area contributed by atoms with E-state index in [1.165, 1.54) is 6.33 Å². The van der Waals surface area contributed by atoms with Gasteiger partial charge in [0.05, 0.1) is 17.5 Å². The Morgan fingerprint density at radius 2 is 1.78 bits per heavy atom. The van der Waals surface area contributed by atoms with Crippen LogP contribution in [-0.2, 0) is 4.79 Å². The normalized spacial score (nSPS) is 16.9. The van der Waals surface area contributed by atoms with Gasteiger partial charge in [-0.1, -0.05) is 32.0 Å². The number of aromatic nitrogens is 4. The van der Waals surface area contributed by atoms with E-state index < -0.39 is 6.04 Å². The molecule has 1 amide bonds. The zero-order valence-corrected chi connectivity index (χ0v) is 20.5. The van der Waals surface area contributed by atoms with Crippen molar-refractivity contribution >= 4 is 22.8 Å². The van der Waals surface area contributed by atoms with Crippen LogP contribution in [-0.4, -0.2) is 49.7 Å². The Hall–Kier alpha value is -3.98. The molecule has 4 N–H and O–H groups in total. The smallest absolute Gasteiger partial charge is 0.239 e. The third-order valence-electron chi connectivity index (χ3n) is 6.68. The van der Waals surface area contributed by atoms with Crippen LogP contribution in [0.3, 0.4) is 0 Å². The molecule has 9 nitrogen and oxygen atoms in total. The van der Waals surface area contributed by atoms with Gasteiger partial charge in [-0.2, -0.15) is 5.10 Å². The van der Waals surface area contributed by atoms with Crippen LogP contribution in [0.25, 0.3) is 22.3 Å². The SMILES string of the molecule is CC(C)[C@H](N)C(=O)N1CCC[C@@H](n2nc(-c3ccc(Oc4ccccc4)cc3)c3c(N)ncnc32)C1. The number of rotatable bonds is 6. The number of nitrogens with two attached hydrogens (primary N) is 2. The summed E-state index contributed by atoms with van der Waals surface area (Å²) in [5.41, 5.74) is 14.7. The monoisotopic (exact) mass is 485 g/mol. The van der Waals surface area contributed by atoms with Gasteiger partial charge < -0.3 is 21.1 Å². The van der Waals surface area contributed by atoms with Gasteiger partial charge in [0.15, 0.2) is 5.65 Å². The van der Waals surface area contributed by atoms with Crippen molar-refractivity contribution in [3.63, 3.8) is 0 Å². The average molecular weight is 486 g/mol. The van der Waals surface area contributed by atoms with Crippen molar-refractivity contribution in [1.29, 1.82) is 0 Å². The second-order valence-electron chi connectivity index (χ2n) is 9.54. The number of piperidine rings is 1. The number of carbonyl (C=O) groups is 1. The number of hydrogen-bond acceptors (Lipinski definition) is 7. The molecule has 1 fully saturated rings. The van der Waals surface area contributed by atoms with Gasteiger partial charge >= 0.3 is 0 Å². The zero-order chi connectivity index (χ0) is 25.2. The fourth-order valence-corrected chi connectivity index (χ4v) is 4.61. The maximum absolute atomic E-state index is 12.9. The molecule has 2 aromatic heterocycles. The number of benzene rings is 2. The highest BCUT2D eigenvalue weighted by Crippen LogP contribution is 2.35. The molecule has 36 heavy (non-hydrogen) atoms. The molecule has 0 aliphatic carbocycles. The summed E-state index contributed by atoms with van der Waals surface area (Å²) in [5, 5.41) is 5.66. The van der Waals surface area contributed by atoms with Crippen LogP contribution in [0.5, 0.6) is 11.5 Å². The molecule has 0 saturated carbocycles. The standard InChI is InChI=1S/C27H31N7O2/c1-17(2)23(28)27(35)33-14-6-7-19(15-33)34-26-22(25(29)30-16-31-26)24(32-34)18-10-12-21(13-11-18)36-20-8-4-3-5-9-20/h3-5,8-13,16-17,19,23H,6-7,14-15,28H2,1-2H3,(H2,29,30,31)/t19-,23+/m1/s1. The molecule has 186 valence electrons. The number of carbonyl (C=O) groups excluding carboxylic acids is 1. The third-order valence-corrected chi connectivity index (χ3v) is 6.68. The van der Waals surface area contributed by atoms with E-state index in [1.807, 2.05) is 78.0 Å². The van der Waals surface area contributed by atoms with Crippen LogP contribution in [0.2, 0.25) is 0 Å². The highest BCUT2D eigenvalue weighted by Gasteiger charge is 2.31. The number of hydrogen-bond donors (Lipinski definition) is 2. The lowest BCUT2D eigenvalue weighted by atomic mass is 10.0. The number of likely N-dealkylation sites (tertiary alicyclic amines) is 1. The van der Waals surface area contributed by atoms with Crippen molar-refractivity contribution in [1.82, 2.24) is 24.6 Å². The summed E-state index contributed by atoms with van der Waals surface area (Å²) in [5.74, 6) is 1.93. The molecule has 1 aliphatic heterocycles. The van der Waals surface area contributed by atoms with E-state index in [-0.39, 0.29) is 17.9 Å². The highest BCUT2D eigenvalue weighted by atomic mass is 16.5. The highest BCUT2D eigenvalue weighted by molar-refractivity contribution is 5.98. The molecule has 0 bridgehead atoms. The first-order valence-corrected chi connectivity index (χ1v) is 12.3. The van der Waals surface area contributed by atoms with E-state index in [1.54, 1.807) is 0 Å². The minimum absolute atomic E-state index is 0.0190. The molecule has 3 heterocycles. The molecule has 0 radical (unpaired) electrons. The fourth-order valence-electron chi connectivity index (χ4n) is 4.61. The first-order valence-electron chi connectivity index (χ1n) is 12.3. The molecule has 4 aromatic rings. The van der Waals surface area contributed by atoms with Gasteiger partial charge in [0.1, 0.15) is 29.3 Å². The second-order valence-corrected chi connectivity index (χ2v) is 9.54. The summed E-state index contributed by atoms with van der Waals surface area (Å²) >= 11 is 0. The lowest BCUT2D eigenvalue weighted by molar-refractivity contribution is -0.135. The van der Waals surface area contributed by atoms with E-state index in [4.69, 9.17) is 21.3 Å². The van der Waals surface area contributed by atoms with E-state index in [0.29, 0.717) is 35.6 Å². The van der Waals surface area contributed by atoms with Crippen molar-refractivity contribution < 1.29 is 9.53 Å². The Kier molecular flexibility index (Phi) is 6.56. The third kappa shape index (κ3) is 4.61. The van der Waals surface area contributed by atoms with Gasteiger partial charge in [-0.25, -0.2) is 14.6 Å². The van der Waals surface area contributed by atoms with Crippen LogP contribution in [0.1, 0.15) is 32.7 Å². The molecule has 2 aromatic carbocycles. The summed E-state index contributed by atoms with van der Waals surface area (Å²) in [6.45, 7) is 5.16. The topological polar surface area (TPSA) is 125 Å². The first kappa shape index (κ1) is 23.7. The molecule has 1 aliphatic rings. The Labute approximate surface area is 210 Å². The minimum Gasteiger partial charge on any atom is -0.457 e. The Morgan fingerprint density at radius 1 is 1.06 bits per heavy atom. The molecule has 0 spiro atoms. The predicted molar refractivity (Wildman–Crippen MR) is 139 cm³/mol. The van der Waals surface area contributed by atoms with E-state index in [9.17, 15) is 4.79 Å². The van der Waals surface area contributed by atoms with Gasteiger partial charge in [0.25, 0.3) is 0 Å². The van der Waals surface area contributed by atoms with E-state index in [0.717, 1.165) is 29.9 Å². The summed E-state index contributed by atoms with van der Waals surface area (Å²) in [7, 11) is 0. The van der Waals surface area contributed by atoms with Crippen LogP contribution >= 0.6 is 0 Å². The predicted octanol–water partition coefficient (Wildman–Crippen LogP) is 4.01. The Bertz CT molecular complexity index is 1350. The largest absolute Gasteiger partial charge is 0.457 e. The molecular formula is C27H31N7O2. The van der Waals surface area contributed by atoms with Crippen LogP contribution in [0.4, 0.5) is 5.82 Å². The average Bonchev–Trinajstić information content (AvgIpc) is 3.30. The number of nitrogen functional groups attached to an aromatic ring is 1. The van der Waals surface area contributed by atoms with Crippen LogP contribution in [0.15, 0.2) is 60.9 Å². The van der Waals surface area contributed by atoms with Crippen molar-refractivity contribution in [2.24, 2.45) is 11.7 Å². The second kappa shape index (κ2) is 9.94. The van der Waals surface area contributed by atoms with Crippen molar-refractivity contribution in [3.8, 4) is 22.8 Å². The Balaban J connectivity index is 1.46. The molecule has 9 heteroatoms. The number of fused-ring (bicyclic) bond motifs is 1. The van der Waals surface area contributed by atoms with Crippen LogP contribution in [0, 0.1) is 5.92 Å². The number of amides is 1. The summed E-state index contributed by atoms with van der Waals surface area (Å²) < 4.78 is 7.83.